The Labute approximate surface area is 196 Å². The van der Waals surface area contributed by atoms with Gasteiger partial charge in [0.2, 0.25) is 0 Å². The van der Waals surface area contributed by atoms with E-state index in [1.54, 1.807) is 36.4 Å². The first-order valence-corrected chi connectivity index (χ1v) is 12.1. The van der Waals surface area contributed by atoms with Gasteiger partial charge in [0, 0.05) is 16.1 Å². The molecule has 0 bridgehead atoms. The first-order valence-electron chi connectivity index (χ1n) is 10.3. The number of nitrogens with zero attached hydrogens (tertiary/aromatic N) is 1. The fourth-order valence-electron chi connectivity index (χ4n) is 3.86. The molecule has 1 aliphatic rings. The Bertz CT molecular complexity index is 1450. The summed E-state index contributed by atoms with van der Waals surface area (Å²) in [6.07, 6.45) is -1.06. The second-order valence-electron chi connectivity index (χ2n) is 7.58. The average Bonchev–Trinajstić information content (AvgIpc) is 2.84. The van der Waals surface area contributed by atoms with Gasteiger partial charge in [-0.05, 0) is 41.8 Å². The number of halogens is 1. The van der Waals surface area contributed by atoms with E-state index in [1.165, 1.54) is 22.5 Å². The Morgan fingerprint density at radius 2 is 1.67 bits per heavy atom. The SMILES string of the molecule is O=C(Nc1cccc2ccccc12)[C@@H]1CN(S(=O)(=O)c2ccccc2)c2cc(Cl)ccc2O1. The Morgan fingerprint density at radius 1 is 0.939 bits per heavy atom. The van der Waals surface area contributed by atoms with Crippen molar-refractivity contribution in [2.24, 2.45) is 0 Å². The molecule has 0 saturated carbocycles. The molecule has 4 aromatic carbocycles. The van der Waals surface area contributed by atoms with E-state index in [2.05, 4.69) is 5.32 Å². The molecule has 0 aliphatic carbocycles. The molecule has 8 heteroatoms. The molecule has 1 N–H and O–H groups in total. The van der Waals surface area contributed by atoms with Crippen molar-refractivity contribution >= 4 is 49.7 Å². The van der Waals surface area contributed by atoms with Crippen LogP contribution in [0.3, 0.4) is 0 Å². The number of nitrogens with one attached hydrogen (secondary N) is 1. The molecular weight excluding hydrogens is 460 g/mol. The molecule has 1 atom stereocenters. The van der Waals surface area contributed by atoms with Gasteiger partial charge in [-0.25, -0.2) is 8.42 Å². The third kappa shape index (κ3) is 4.01. The lowest BCUT2D eigenvalue weighted by Crippen LogP contribution is -2.48. The van der Waals surface area contributed by atoms with E-state index in [0.29, 0.717) is 16.4 Å². The fraction of sp³-hybridized carbons (Fsp3) is 0.0800. The van der Waals surface area contributed by atoms with Crippen LogP contribution in [0.4, 0.5) is 11.4 Å². The number of ether oxygens (including phenoxy) is 1. The molecule has 0 aromatic heterocycles. The van der Waals surface area contributed by atoms with Crippen LogP contribution in [-0.2, 0) is 14.8 Å². The van der Waals surface area contributed by atoms with Crippen LogP contribution in [0.15, 0.2) is 95.9 Å². The van der Waals surface area contributed by atoms with Crippen molar-refractivity contribution in [2.75, 3.05) is 16.2 Å². The number of benzene rings is 4. The quantitative estimate of drug-likeness (QED) is 0.443. The van der Waals surface area contributed by atoms with Crippen LogP contribution in [0.25, 0.3) is 10.8 Å². The topological polar surface area (TPSA) is 75.7 Å². The van der Waals surface area contributed by atoms with Crippen molar-refractivity contribution in [3.63, 3.8) is 0 Å². The molecule has 0 spiro atoms. The number of fused-ring (bicyclic) bond motifs is 2. The van der Waals surface area contributed by atoms with Gasteiger partial charge in [-0.3, -0.25) is 9.10 Å². The summed E-state index contributed by atoms with van der Waals surface area (Å²) in [4.78, 5) is 13.3. The van der Waals surface area contributed by atoms with Gasteiger partial charge in [-0.15, -0.1) is 0 Å². The molecule has 0 unspecified atom stereocenters. The smallest absolute Gasteiger partial charge is 0.267 e. The molecule has 0 radical (unpaired) electrons. The van der Waals surface area contributed by atoms with Crippen LogP contribution in [-0.4, -0.2) is 27.0 Å². The van der Waals surface area contributed by atoms with E-state index in [0.717, 1.165) is 10.8 Å². The summed E-state index contributed by atoms with van der Waals surface area (Å²) < 4.78 is 34.0. The maximum absolute atomic E-state index is 13.5. The lowest BCUT2D eigenvalue weighted by Gasteiger charge is -2.35. The van der Waals surface area contributed by atoms with Crippen LogP contribution in [0, 0.1) is 0 Å². The first-order chi connectivity index (χ1) is 15.9. The lowest BCUT2D eigenvalue weighted by molar-refractivity contribution is -0.122. The first kappa shape index (κ1) is 21.3. The van der Waals surface area contributed by atoms with Crippen molar-refractivity contribution in [1.29, 1.82) is 0 Å². The standard InChI is InChI=1S/C25H19ClN2O4S/c26-18-13-14-23-22(15-18)28(33(30,31)19-9-2-1-3-10-19)16-24(32-23)25(29)27-21-12-6-8-17-7-4-5-11-20(17)21/h1-15,24H,16H2,(H,27,29)/t24-/m0/s1. The fourth-order valence-corrected chi connectivity index (χ4v) is 5.51. The van der Waals surface area contributed by atoms with Crippen molar-refractivity contribution in [3.8, 4) is 5.75 Å². The summed E-state index contributed by atoms with van der Waals surface area (Å²) in [6, 6.07) is 26.0. The number of anilines is 2. The molecule has 4 aromatic rings. The van der Waals surface area contributed by atoms with Gasteiger partial charge in [0.05, 0.1) is 17.1 Å². The van der Waals surface area contributed by atoms with Crippen molar-refractivity contribution in [1.82, 2.24) is 0 Å². The number of hydrogen-bond donors (Lipinski definition) is 1. The third-order valence-corrected chi connectivity index (χ3v) is 7.49. The van der Waals surface area contributed by atoms with Gasteiger partial charge in [-0.1, -0.05) is 66.2 Å². The van der Waals surface area contributed by atoms with E-state index < -0.39 is 22.0 Å². The highest BCUT2D eigenvalue weighted by molar-refractivity contribution is 7.92. The highest BCUT2D eigenvalue weighted by Gasteiger charge is 2.37. The van der Waals surface area contributed by atoms with Crippen molar-refractivity contribution in [3.05, 3.63) is 96.0 Å². The van der Waals surface area contributed by atoms with Gasteiger partial charge in [0.1, 0.15) is 5.75 Å². The zero-order valence-electron chi connectivity index (χ0n) is 17.3. The van der Waals surface area contributed by atoms with Gasteiger partial charge in [0.15, 0.2) is 6.10 Å². The Morgan fingerprint density at radius 3 is 2.48 bits per heavy atom. The summed E-state index contributed by atoms with van der Waals surface area (Å²) in [7, 11) is -3.95. The molecular formula is C25H19ClN2O4S. The van der Waals surface area contributed by atoms with E-state index in [9.17, 15) is 13.2 Å². The summed E-state index contributed by atoms with van der Waals surface area (Å²) in [5.41, 5.74) is 0.918. The Balaban J connectivity index is 1.51. The summed E-state index contributed by atoms with van der Waals surface area (Å²) in [5.74, 6) is -0.177. The van der Waals surface area contributed by atoms with Crippen LogP contribution in [0.5, 0.6) is 5.75 Å². The second-order valence-corrected chi connectivity index (χ2v) is 9.88. The van der Waals surface area contributed by atoms with Crippen molar-refractivity contribution in [2.45, 2.75) is 11.0 Å². The van der Waals surface area contributed by atoms with Crippen LogP contribution in [0.2, 0.25) is 5.02 Å². The average molecular weight is 479 g/mol. The molecule has 166 valence electrons. The highest BCUT2D eigenvalue weighted by Crippen LogP contribution is 2.39. The highest BCUT2D eigenvalue weighted by atomic mass is 35.5. The minimum Gasteiger partial charge on any atom is -0.476 e. The maximum Gasteiger partial charge on any atom is 0.267 e. The van der Waals surface area contributed by atoms with Gasteiger partial charge < -0.3 is 10.1 Å². The molecule has 0 saturated heterocycles. The molecule has 6 nitrogen and oxygen atoms in total. The normalized spacial score (nSPS) is 15.5. The van der Waals surface area contributed by atoms with Gasteiger partial charge >= 0.3 is 0 Å². The van der Waals surface area contributed by atoms with Gasteiger partial charge in [-0.2, -0.15) is 0 Å². The predicted octanol–water partition coefficient (Wildman–Crippen LogP) is 5.09. The Hall–Kier alpha value is -3.55. The molecule has 1 heterocycles. The number of amides is 1. The minimum absolute atomic E-state index is 0.117. The third-order valence-electron chi connectivity index (χ3n) is 5.46. The zero-order valence-corrected chi connectivity index (χ0v) is 18.9. The van der Waals surface area contributed by atoms with E-state index in [1.807, 2.05) is 36.4 Å². The van der Waals surface area contributed by atoms with Gasteiger partial charge in [0.25, 0.3) is 15.9 Å². The molecule has 1 amide bonds. The summed E-state index contributed by atoms with van der Waals surface area (Å²) in [5, 5.41) is 5.12. The van der Waals surface area contributed by atoms with Crippen LogP contribution in [0.1, 0.15) is 0 Å². The molecule has 33 heavy (non-hydrogen) atoms. The monoisotopic (exact) mass is 478 g/mol. The number of carbonyl (C=O) groups excluding carboxylic acids is 1. The molecule has 1 aliphatic heterocycles. The molecule has 5 rings (SSSR count). The minimum atomic E-state index is -3.95. The van der Waals surface area contributed by atoms with E-state index in [-0.39, 0.29) is 17.2 Å². The number of hydrogen-bond acceptors (Lipinski definition) is 4. The van der Waals surface area contributed by atoms with Crippen LogP contribution >= 0.6 is 11.6 Å². The number of carbonyl (C=O) groups is 1. The van der Waals surface area contributed by atoms with Crippen LogP contribution < -0.4 is 14.4 Å². The Kier molecular flexibility index (Phi) is 5.44. The number of rotatable bonds is 4. The summed E-state index contributed by atoms with van der Waals surface area (Å²) >= 11 is 6.14. The van der Waals surface area contributed by atoms with E-state index in [4.69, 9.17) is 16.3 Å². The zero-order chi connectivity index (χ0) is 23.0. The maximum atomic E-state index is 13.5. The van der Waals surface area contributed by atoms with E-state index >= 15 is 0 Å². The number of sulfonamides is 1. The van der Waals surface area contributed by atoms with Crippen molar-refractivity contribution < 1.29 is 17.9 Å². The largest absolute Gasteiger partial charge is 0.476 e. The predicted molar refractivity (Wildman–Crippen MR) is 129 cm³/mol. The second kappa shape index (κ2) is 8.42. The lowest BCUT2D eigenvalue weighted by atomic mass is 10.1. The molecule has 0 fully saturated rings. The summed E-state index contributed by atoms with van der Waals surface area (Å²) in [6.45, 7) is -0.193.